The summed E-state index contributed by atoms with van der Waals surface area (Å²) < 4.78 is 27.6. The van der Waals surface area contributed by atoms with E-state index in [2.05, 4.69) is 4.98 Å². The molecule has 0 spiro atoms. The number of carbonyl (C=O) groups is 2. The molecule has 0 saturated heterocycles. The van der Waals surface area contributed by atoms with Crippen molar-refractivity contribution in [3.63, 3.8) is 0 Å². The van der Waals surface area contributed by atoms with Gasteiger partial charge in [-0.1, -0.05) is 19.1 Å². The highest BCUT2D eigenvalue weighted by Crippen LogP contribution is 2.39. The van der Waals surface area contributed by atoms with E-state index in [4.69, 9.17) is 9.47 Å². The maximum absolute atomic E-state index is 15.6. The minimum atomic E-state index is -3.41. The molecule has 0 aliphatic carbocycles. The summed E-state index contributed by atoms with van der Waals surface area (Å²) in [7, 11) is 1.53. The van der Waals surface area contributed by atoms with Crippen LogP contribution in [0.15, 0.2) is 24.3 Å². The summed E-state index contributed by atoms with van der Waals surface area (Å²) in [5.41, 5.74) is -5.04. The maximum atomic E-state index is 15.6. The smallest absolute Gasteiger partial charge is 0.322 e. The van der Waals surface area contributed by atoms with Crippen LogP contribution in [0, 0.1) is 22.7 Å². The summed E-state index contributed by atoms with van der Waals surface area (Å²) in [5.74, 6) is -1.85. The van der Waals surface area contributed by atoms with E-state index in [1.54, 1.807) is 45.0 Å². The molecule has 0 radical (unpaired) electrons. The summed E-state index contributed by atoms with van der Waals surface area (Å²) >= 11 is 0. The number of hydrogen-bond donors (Lipinski definition) is 1. The third-order valence-corrected chi connectivity index (χ3v) is 5.85. The summed E-state index contributed by atoms with van der Waals surface area (Å²) in [5, 5.41) is 29.0. The first-order chi connectivity index (χ1) is 16.8. The Balaban J connectivity index is 2.69. The van der Waals surface area contributed by atoms with E-state index >= 15 is 4.39 Å². The van der Waals surface area contributed by atoms with Gasteiger partial charge in [0.15, 0.2) is 5.41 Å². The highest BCUT2D eigenvalue weighted by Gasteiger charge is 2.60. The molecule has 1 unspecified atom stereocenters. The van der Waals surface area contributed by atoms with Crippen molar-refractivity contribution in [1.29, 1.82) is 10.5 Å². The van der Waals surface area contributed by atoms with Gasteiger partial charge < -0.3 is 19.1 Å². The van der Waals surface area contributed by atoms with Gasteiger partial charge in [-0.3, -0.25) is 9.59 Å². The molecule has 1 aromatic heterocycles. The number of carbonyl (C=O) groups excluding carboxylic acids is 1. The largest absolute Gasteiger partial charge is 0.497 e. The molecule has 1 aromatic carbocycles. The molecule has 0 amide bonds. The number of imidazole rings is 1. The van der Waals surface area contributed by atoms with Crippen LogP contribution in [0.1, 0.15) is 63.8 Å². The van der Waals surface area contributed by atoms with Gasteiger partial charge in [0.25, 0.3) is 0 Å². The number of methoxy groups -OCH3 is 1. The van der Waals surface area contributed by atoms with Gasteiger partial charge >= 0.3 is 17.6 Å². The van der Waals surface area contributed by atoms with Crippen molar-refractivity contribution in [1.82, 2.24) is 9.55 Å². The number of halogens is 1. The topological polar surface area (TPSA) is 138 Å². The molecule has 1 N–H and O–H groups in total. The van der Waals surface area contributed by atoms with Crippen molar-refractivity contribution < 1.29 is 28.6 Å². The second-order valence-electron chi connectivity index (χ2n) is 9.52. The van der Waals surface area contributed by atoms with Crippen molar-refractivity contribution >= 4 is 11.9 Å². The van der Waals surface area contributed by atoms with E-state index in [1.165, 1.54) is 23.8 Å². The van der Waals surface area contributed by atoms with Crippen LogP contribution in [0.2, 0.25) is 0 Å². The Bertz CT molecular complexity index is 1190. The predicted molar refractivity (Wildman–Crippen MR) is 128 cm³/mol. The minimum Gasteiger partial charge on any atom is -0.497 e. The average molecular weight is 499 g/mol. The van der Waals surface area contributed by atoms with Crippen LogP contribution in [-0.2, 0) is 39.1 Å². The quantitative estimate of drug-likeness (QED) is 0.487. The van der Waals surface area contributed by atoms with Gasteiger partial charge in [-0.25, -0.2) is 9.37 Å². The van der Waals surface area contributed by atoms with Gasteiger partial charge in [-0.2, -0.15) is 10.5 Å². The molecule has 10 heteroatoms. The number of carboxylic acid groups (broad SMARTS) is 1. The third-order valence-electron chi connectivity index (χ3n) is 5.85. The van der Waals surface area contributed by atoms with E-state index in [0.29, 0.717) is 23.6 Å². The lowest BCUT2D eigenvalue weighted by Gasteiger charge is -2.30. The van der Waals surface area contributed by atoms with E-state index in [1.807, 2.05) is 6.92 Å². The van der Waals surface area contributed by atoms with Crippen molar-refractivity contribution in [3.8, 4) is 17.9 Å². The Morgan fingerprint density at radius 2 is 1.72 bits per heavy atom. The van der Waals surface area contributed by atoms with Crippen LogP contribution in [0.5, 0.6) is 5.75 Å². The van der Waals surface area contributed by atoms with Gasteiger partial charge in [0.2, 0.25) is 0 Å². The van der Waals surface area contributed by atoms with E-state index in [9.17, 15) is 25.2 Å². The number of carboxylic acids is 1. The van der Waals surface area contributed by atoms with Gasteiger partial charge in [-0.15, -0.1) is 0 Å². The fourth-order valence-corrected chi connectivity index (χ4v) is 3.86. The van der Waals surface area contributed by atoms with Crippen molar-refractivity contribution in [2.24, 2.45) is 0 Å². The van der Waals surface area contributed by atoms with Crippen molar-refractivity contribution in [2.45, 2.75) is 77.1 Å². The number of esters is 1. The zero-order valence-electron chi connectivity index (χ0n) is 21.4. The van der Waals surface area contributed by atoms with Crippen LogP contribution >= 0.6 is 0 Å². The van der Waals surface area contributed by atoms with Crippen molar-refractivity contribution in [3.05, 3.63) is 47.0 Å². The lowest BCUT2D eigenvalue weighted by atomic mass is 9.75. The van der Waals surface area contributed by atoms with E-state index in [-0.39, 0.29) is 25.2 Å². The monoisotopic (exact) mass is 498 g/mol. The number of aliphatic carboxylic acids is 1. The van der Waals surface area contributed by atoms with Gasteiger partial charge in [0.05, 0.1) is 19.2 Å². The van der Waals surface area contributed by atoms with Crippen LogP contribution in [0.25, 0.3) is 0 Å². The number of rotatable bonds is 10. The molecule has 1 atom stereocenters. The number of aromatic nitrogens is 2. The number of aryl methyl sites for hydroxylation is 1. The van der Waals surface area contributed by atoms with Crippen LogP contribution in [0.3, 0.4) is 0 Å². The first-order valence-corrected chi connectivity index (χ1v) is 11.4. The normalized spacial score (nSPS) is 13.2. The summed E-state index contributed by atoms with van der Waals surface area (Å²) in [6.07, 6.45) is 0.444. The number of benzene rings is 1. The fraction of sp³-hybridized carbons (Fsp3) is 0.500. The Morgan fingerprint density at radius 3 is 2.17 bits per heavy atom. The zero-order valence-corrected chi connectivity index (χ0v) is 21.4. The second kappa shape index (κ2) is 10.8. The Hall–Kier alpha value is -3.92. The molecule has 0 aliphatic rings. The number of nitriles is 2. The first-order valence-electron chi connectivity index (χ1n) is 11.4. The molecule has 0 aliphatic heterocycles. The zero-order chi connectivity index (χ0) is 27.3. The van der Waals surface area contributed by atoms with Crippen molar-refractivity contribution in [2.75, 3.05) is 7.11 Å². The molecule has 2 rings (SSSR count). The lowest BCUT2D eigenvalue weighted by Crippen LogP contribution is -2.52. The Labute approximate surface area is 210 Å². The van der Waals surface area contributed by atoms with Crippen LogP contribution in [0.4, 0.5) is 4.39 Å². The average Bonchev–Trinajstić information content (AvgIpc) is 3.18. The maximum Gasteiger partial charge on any atom is 0.322 e. The first kappa shape index (κ1) is 28.3. The summed E-state index contributed by atoms with van der Waals surface area (Å²) in [4.78, 5) is 29.2. The van der Waals surface area contributed by atoms with E-state index in [0.717, 1.165) is 12.5 Å². The van der Waals surface area contributed by atoms with Gasteiger partial charge in [0, 0.05) is 18.7 Å². The standard InChI is InChI=1S/C26H31FN4O5/c1-7-20-19(12-13-21(32)36-24(2,3)4)30-22(25(5,23(33)34)26(27,15-28)16-29)31(20)14-17-8-10-18(35-6)11-9-17/h8-11H,7,12-14H2,1-6H3,(H,33,34). The van der Waals surface area contributed by atoms with Crippen LogP contribution < -0.4 is 4.74 Å². The SMILES string of the molecule is CCc1c(CCC(=O)OC(C)(C)C)nc(C(C)(C(=O)O)C(F)(C#N)C#N)n1Cc1ccc(OC)cc1. The highest BCUT2D eigenvalue weighted by atomic mass is 19.1. The number of hydrogen-bond acceptors (Lipinski definition) is 7. The highest BCUT2D eigenvalue weighted by molar-refractivity contribution is 5.83. The van der Waals surface area contributed by atoms with E-state index < -0.39 is 28.6 Å². The second-order valence-corrected chi connectivity index (χ2v) is 9.52. The fourth-order valence-electron chi connectivity index (χ4n) is 3.86. The number of nitrogens with zero attached hydrogens (tertiary/aromatic N) is 4. The molecule has 2 aromatic rings. The molecular weight excluding hydrogens is 467 g/mol. The molecule has 1 heterocycles. The minimum absolute atomic E-state index is 0.0374. The van der Waals surface area contributed by atoms with Crippen LogP contribution in [-0.4, -0.2) is 45.0 Å². The number of alkyl halides is 1. The molecule has 0 bridgehead atoms. The molecule has 0 fully saturated rings. The predicted octanol–water partition coefficient (Wildman–Crippen LogP) is 3.87. The molecule has 192 valence electrons. The lowest BCUT2D eigenvalue weighted by molar-refractivity contribution is -0.154. The molecule has 0 saturated carbocycles. The molecular formula is C26H31FN4O5. The number of ether oxygens (including phenoxy) is 2. The van der Waals surface area contributed by atoms with Gasteiger partial charge in [-0.05, 0) is 51.8 Å². The Kier molecular flexibility index (Phi) is 8.48. The molecule has 36 heavy (non-hydrogen) atoms. The molecule has 9 nitrogen and oxygen atoms in total. The summed E-state index contributed by atoms with van der Waals surface area (Å²) in [6.45, 7) is 8.12. The summed E-state index contributed by atoms with van der Waals surface area (Å²) in [6, 6.07) is 9.42. The van der Waals surface area contributed by atoms with Gasteiger partial charge in [0.1, 0.15) is 29.3 Å². The Morgan fingerprint density at radius 1 is 1.14 bits per heavy atom. The third kappa shape index (κ3) is 5.65.